The molecule has 2 aromatic rings. The van der Waals surface area contributed by atoms with Crippen LogP contribution in [0.5, 0.6) is 0 Å². The van der Waals surface area contributed by atoms with Gasteiger partial charge < -0.3 is 19.3 Å². The first-order valence-corrected chi connectivity index (χ1v) is 7.68. The summed E-state index contributed by atoms with van der Waals surface area (Å²) >= 11 is 0. The van der Waals surface area contributed by atoms with E-state index in [0.29, 0.717) is 18.2 Å². The molecule has 3 rings (SSSR count). The molecule has 1 fully saturated rings. The second-order valence-electron chi connectivity index (χ2n) is 5.68. The van der Waals surface area contributed by atoms with E-state index in [1.54, 1.807) is 6.07 Å². The van der Waals surface area contributed by atoms with Crippen molar-refractivity contribution < 1.29 is 9.32 Å². The first-order chi connectivity index (χ1) is 10.8. The summed E-state index contributed by atoms with van der Waals surface area (Å²) in [5.74, 6) is 0.386. The Balaban J connectivity index is 1.34. The molecule has 0 radical (unpaired) electrons. The number of nitrogens with one attached hydrogen (secondary N) is 1. The van der Waals surface area contributed by atoms with Crippen LogP contribution in [-0.2, 0) is 6.54 Å². The highest BCUT2D eigenvalue weighted by molar-refractivity contribution is 5.91. The fourth-order valence-electron chi connectivity index (χ4n) is 2.75. The van der Waals surface area contributed by atoms with E-state index in [0.717, 1.165) is 39.0 Å². The largest absolute Gasteiger partial charge is 0.364 e. The number of rotatable bonds is 6. The molecule has 3 heterocycles. The molecular weight excluding hydrogens is 282 g/mol. The molecule has 22 heavy (non-hydrogen) atoms. The van der Waals surface area contributed by atoms with Crippen LogP contribution in [0.25, 0.3) is 0 Å². The smallest absolute Gasteiger partial charge is 0.273 e. The van der Waals surface area contributed by atoms with E-state index in [1.807, 2.05) is 18.7 Å². The summed E-state index contributed by atoms with van der Waals surface area (Å²) in [6, 6.07) is 1.58. The molecule has 2 aromatic heterocycles. The average Bonchev–Trinajstić information content (AvgIpc) is 3.24. The van der Waals surface area contributed by atoms with Crippen molar-refractivity contribution >= 4 is 5.91 Å². The highest BCUT2D eigenvalue weighted by Gasteiger charge is 2.20. The van der Waals surface area contributed by atoms with Crippen LogP contribution in [0.1, 0.15) is 23.3 Å². The van der Waals surface area contributed by atoms with E-state index in [1.165, 1.54) is 6.26 Å². The molecule has 0 aromatic carbocycles. The molecule has 1 aliphatic heterocycles. The topological polar surface area (TPSA) is 76.2 Å². The maximum absolute atomic E-state index is 11.8. The lowest BCUT2D eigenvalue weighted by molar-refractivity contribution is 0.0926. The number of aromatic nitrogens is 3. The van der Waals surface area contributed by atoms with Crippen molar-refractivity contribution in [2.24, 2.45) is 5.92 Å². The van der Waals surface area contributed by atoms with Crippen molar-refractivity contribution in [3.05, 3.63) is 36.7 Å². The van der Waals surface area contributed by atoms with Gasteiger partial charge in [-0.25, -0.2) is 4.98 Å². The molecule has 0 saturated carbocycles. The van der Waals surface area contributed by atoms with Crippen molar-refractivity contribution in [1.29, 1.82) is 0 Å². The summed E-state index contributed by atoms with van der Waals surface area (Å²) in [5, 5.41) is 6.57. The van der Waals surface area contributed by atoms with E-state index in [9.17, 15) is 4.79 Å². The van der Waals surface area contributed by atoms with Gasteiger partial charge in [-0.3, -0.25) is 4.79 Å². The van der Waals surface area contributed by atoms with E-state index in [-0.39, 0.29) is 5.91 Å². The molecule has 0 spiro atoms. The van der Waals surface area contributed by atoms with E-state index in [2.05, 4.69) is 29.4 Å². The number of hydrogen-bond donors (Lipinski definition) is 1. The van der Waals surface area contributed by atoms with Gasteiger partial charge in [0.05, 0.1) is 6.33 Å². The minimum atomic E-state index is -0.156. The molecular formula is C15H21N5O2. The molecule has 1 saturated heterocycles. The summed E-state index contributed by atoms with van der Waals surface area (Å²) < 4.78 is 6.78. The van der Waals surface area contributed by atoms with E-state index in [4.69, 9.17) is 0 Å². The van der Waals surface area contributed by atoms with Gasteiger partial charge in [0.2, 0.25) is 0 Å². The SMILES string of the molecule is O=C(NCC1CCN(CCn2ccnc2)CC1)c1ccon1. The molecule has 1 amide bonds. The molecule has 0 unspecified atom stereocenters. The molecule has 1 aliphatic rings. The zero-order chi connectivity index (χ0) is 15.2. The molecule has 1 N–H and O–H groups in total. The third-order valence-electron chi connectivity index (χ3n) is 4.16. The number of carbonyl (C=O) groups excluding carboxylic acids is 1. The maximum Gasteiger partial charge on any atom is 0.273 e. The molecule has 0 aliphatic carbocycles. The van der Waals surface area contributed by atoms with Crippen LogP contribution >= 0.6 is 0 Å². The Kier molecular flexibility index (Phi) is 4.85. The minimum Gasteiger partial charge on any atom is -0.364 e. The molecule has 7 nitrogen and oxygen atoms in total. The predicted molar refractivity (Wildman–Crippen MR) is 80.2 cm³/mol. The monoisotopic (exact) mass is 303 g/mol. The zero-order valence-corrected chi connectivity index (χ0v) is 12.5. The van der Waals surface area contributed by atoms with E-state index < -0.39 is 0 Å². The van der Waals surface area contributed by atoms with Crippen molar-refractivity contribution in [2.75, 3.05) is 26.2 Å². The van der Waals surface area contributed by atoms with Gasteiger partial charge in [0.1, 0.15) is 6.26 Å². The fraction of sp³-hybridized carbons (Fsp3) is 0.533. The highest BCUT2D eigenvalue weighted by Crippen LogP contribution is 2.16. The predicted octanol–water partition coefficient (Wildman–Crippen LogP) is 1.01. The van der Waals surface area contributed by atoms with Gasteiger partial charge in [-0.1, -0.05) is 5.16 Å². The van der Waals surface area contributed by atoms with E-state index >= 15 is 0 Å². The Hall–Kier alpha value is -2.15. The van der Waals surface area contributed by atoms with Crippen molar-refractivity contribution in [1.82, 2.24) is 24.9 Å². The Morgan fingerprint density at radius 2 is 2.23 bits per heavy atom. The number of piperidine rings is 1. The Morgan fingerprint density at radius 1 is 1.36 bits per heavy atom. The maximum atomic E-state index is 11.8. The second-order valence-corrected chi connectivity index (χ2v) is 5.68. The Morgan fingerprint density at radius 3 is 2.91 bits per heavy atom. The number of likely N-dealkylation sites (tertiary alicyclic amines) is 1. The number of imidazole rings is 1. The lowest BCUT2D eigenvalue weighted by Gasteiger charge is -2.31. The molecule has 7 heteroatoms. The van der Waals surface area contributed by atoms with Gasteiger partial charge in [-0.15, -0.1) is 0 Å². The van der Waals surface area contributed by atoms with Crippen LogP contribution in [0, 0.1) is 5.92 Å². The Labute approximate surface area is 129 Å². The number of nitrogens with zero attached hydrogens (tertiary/aromatic N) is 4. The number of hydrogen-bond acceptors (Lipinski definition) is 5. The van der Waals surface area contributed by atoms with Crippen LogP contribution in [-0.4, -0.2) is 51.7 Å². The minimum absolute atomic E-state index is 0.156. The summed E-state index contributed by atoms with van der Waals surface area (Å²) in [7, 11) is 0. The third kappa shape index (κ3) is 3.94. The van der Waals surface area contributed by atoms with Gasteiger partial charge in [0, 0.05) is 38.1 Å². The standard InChI is InChI=1S/C15H21N5O2/c21-15(14-3-10-22-18-14)17-11-13-1-5-19(6-2-13)8-9-20-7-4-16-12-20/h3-4,7,10,12-13H,1-2,5-6,8-9,11H2,(H,17,21). The fourth-order valence-corrected chi connectivity index (χ4v) is 2.75. The van der Waals surface area contributed by atoms with Crippen LogP contribution in [0.3, 0.4) is 0 Å². The molecule has 118 valence electrons. The van der Waals surface area contributed by atoms with Crippen molar-refractivity contribution in [2.45, 2.75) is 19.4 Å². The van der Waals surface area contributed by atoms with Crippen molar-refractivity contribution in [3.8, 4) is 0 Å². The van der Waals surface area contributed by atoms with Crippen LogP contribution < -0.4 is 5.32 Å². The number of carbonyl (C=O) groups is 1. The number of amides is 1. The van der Waals surface area contributed by atoms with Gasteiger partial charge in [0.25, 0.3) is 5.91 Å². The Bertz CT molecular complexity index is 559. The first kappa shape index (κ1) is 14.8. The molecule has 0 atom stereocenters. The highest BCUT2D eigenvalue weighted by atomic mass is 16.5. The van der Waals surface area contributed by atoms with Gasteiger partial charge in [-0.05, 0) is 31.8 Å². The lowest BCUT2D eigenvalue weighted by atomic mass is 9.97. The third-order valence-corrected chi connectivity index (χ3v) is 4.16. The summed E-state index contributed by atoms with van der Waals surface area (Å²) in [6.07, 6.45) is 9.29. The molecule has 0 bridgehead atoms. The summed E-state index contributed by atoms with van der Waals surface area (Å²) in [6.45, 7) is 4.90. The average molecular weight is 303 g/mol. The summed E-state index contributed by atoms with van der Waals surface area (Å²) in [4.78, 5) is 18.3. The van der Waals surface area contributed by atoms with Crippen LogP contribution in [0.15, 0.2) is 35.6 Å². The van der Waals surface area contributed by atoms with Gasteiger partial charge >= 0.3 is 0 Å². The quantitative estimate of drug-likeness (QED) is 0.862. The van der Waals surface area contributed by atoms with Crippen molar-refractivity contribution in [3.63, 3.8) is 0 Å². The first-order valence-electron chi connectivity index (χ1n) is 7.68. The zero-order valence-electron chi connectivity index (χ0n) is 12.5. The normalized spacial score (nSPS) is 16.7. The van der Waals surface area contributed by atoms with Crippen LogP contribution in [0.4, 0.5) is 0 Å². The van der Waals surface area contributed by atoms with Crippen LogP contribution in [0.2, 0.25) is 0 Å². The van der Waals surface area contributed by atoms with Gasteiger partial charge in [-0.2, -0.15) is 0 Å². The van der Waals surface area contributed by atoms with Gasteiger partial charge in [0.15, 0.2) is 5.69 Å². The lowest BCUT2D eigenvalue weighted by Crippen LogP contribution is -2.39. The second kappa shape index (κ2) is 7.22. The summed E-state index contributed by atoms with van der Waals surface area (Å²) in [5.41, 5.74) is 0.345.